The number of ether oxygens (including phenoxy) is 2. The number of aliphatic carboxylic acids is 1. The summed E-state index contributed by atoms with van der Waals surface area (Å²) < 4.78 is 11.6. The van der Waals surface area contributed by atoms with Gasteiger partial charge in [-0.2, -0.15) is 5.26 Å². The van der Waals surface area contributed by atoms with Gasteiger partial charge in [-0.05, 0) is 75.0 Å². The van der Waals surface area contributed by atoms with E-state index in [9.17, 15) is 15.2 Å². The largest absolute Gasteiger partial charge is 1.00 e. The number of nitrogens with zero attached hydrogens (tertiary/aromatic N) is 1. The summed E-state index contributed by atoms with van der Waals surface area (Å²) in [6.45, 7) is 0. The zero-order chi connectivity index (χ0) is 17.9. The van der Waals surface area contributed by atoms with Crippen molar-refractivity contribution in [3.8, 4) is 17.6 Å². The Labute approximate surface area is 166 Å². The van der Waals surface area contributed by atoms with Crippen molar-refractivity contribution in [2.45, 2.75) is 62.9 Å². The van der Waals surface area contributed by atoms with Crippen molar-refractivity contribution in [1.82, 2.24) is 0 Å². The topological polar surface area (TPSA) is 82.4 Å². The molecule has 0 spiro atoms. The molecule has 0 radical (unpaired) electrons. The van der Waals surface area contributed by atoms with E-state index in [0.29, 0.717) is 37.2 Å². The van der Waals surface area contributed by atoms with Crippen LogP contribution in [-0.4, -0.2) is 19.2 Å². The van der Waals surface area contributed by atoms with Crippen molar-refractivity contribution >= 4 is 5.97 Å². The molecule has 0 N–H and O–H groups in total. The summed E-state index contributed by atoms with van der Waals surface area (Å²) in [6.07, 6.45) is 6.65. The second kappa shape index (κ2) is 8.85. The first-order valence-corrected chi connectivity index (χ1v) is 9.05. The summed E-state index contributed by atoms with van der Waals surface area (Å²) in [5.41, 5.74) is 0.229. The van der Waals surface area contributed by atoms with Crippen molar-refractivity contribution in [3.63, 3.8) is 0 Å². The average Bonchev–Trinajstić information content (AvgIpc) is 3.14. The molecule has 5 nitrogen and oxygen atoms in total. The Balaban J connectivity index is 0.00000243. The number of carbonyl (C=O) groups is 1. The molecule has 1 aromatic carbocycles. The Morgan fingerprint density at radius 3 is 2.38 bits per heavy atom. The Bertz CT molecular complexity index is 671. The minimum absolute atomic E-state index is 0. The van der Waals surface area contributed by atoms with E-state index in [4.69, 9.17) is 9.47 Å². The van der Waals surface area contributed by atoms with Gasteiger partial charge in [-0.1, -0.05) is 6.07 Å². The molecule has 0 atom stereocenters. The van der Waals surface area contributed by atoms with E-state index >= 15 is 0 Å². The fourth-order valence-electron chi connectivity index (χ4n) is 4.06. The fraction of sp³-hybridized carbons (Fsp3) is 0.600. The van der Waals surface area contributed by atoms with Gasteiger partial charge in [0.1, 0.15) is 0 Å². The van der Waals surface area contributed by atoms with Crippen LogP contribution in [0.1, 0.15) is 56.9 Å². The first-order chi connectivity index (χ1) is 12.1. The van der Waals surface area contributed by atoms with E-state index in [1.807, 2.05) is 18.2 Å². The Kier molecular flexibility index (Phi) is 7.04. The van der Waals surface area contributed by atoms with Gasteiger partial charge in [0.25, 0.3) is 0 Å². The maximum atomic E-state index is 11.1. The van der Waals surface area contributed by atoms with Gasteiger partial charge >= 0.3 is 18.9 Å². The Hall–Kier alpha value is -1.62. The van der Waals surface area contributed by atoms with Crippen molar-refractivity contribution in [2.75, 3.05) is 7.11 Å². The number of nitriles is 1. The molecule has 2 aliphatic rings. The molecule has 3 rings (SSSR count). The van der Waals surface area contributed by atoms with Gasteiger partial charge in [0.05, 0.1) is 24.7 Å². The number of hydrogen-bond acceptors (Lipinski definition) is 5. The van der Waals surface area contributed by atoms with Crippen LogP contribution in [0, 0.1) is 17.2 Å². The smallest absolute Gasteiger partial charge is 0.550 e. The molecule has 1 aromatic rings. The third-order valence-electron chi connectivity index (χ3n) is 5.70. The number of methoxy groups -OCH3 is 1. The van der Waals surface area contributed by atoms with Crippen LogP contribution in [0.3, 0.4) is 0 Å². The van der Waals surface area contributed by atoms with Crippen molar-refractivity contribution in [2.24, 2.45) is 5.92 Å². The van der Waals surface area contributed by atoms with Gasteiger partial charge in [0.15, 0.2) is 11.5 Å². The quantitative estimate of drug-likeness (QED) is 0.683. The van der Waals surface area contributed by atoms with E-state index < -0.39 is 17.3 Å². The maximum Gasteiger partial charge on any atom is 1.00 e. The van der Waals surface area contributed by atoms with Gasteiger partial charge in [-0.15, -0.1) is 0 Å². The monoisotopic (exact) mass is 349 g/mol. The first kappa shape index (κ1) is 20.7. The zero-order valence-corrected chi connectivity index (χ0v) is 15.6. The van der Waals surface area contributed by atoms with Crippen LogP contribution >= 0.6 is 0 Å². The van der Waals surface area contributed by atoms with Crippen LogP contribution in [0.15, 0.2) is 18.2 Å². The molecule has 6 heteroatoms. The average molecular weight is 349 g/mol. The van der Waals surface area contributed by atoms with Crippen LogP contribution in [-0.2, 0) is 10.2 Å². The van der Waals surface area contributed by atoms with Crippen LogP contribution < -0.4 is 33.4 Å². The van der Waals surface area contributed by atoms with Crippen LogP contribution in [0.2, 0.25) is 0 Å². The molecule has 26 heavy (non-hydrogen) atoms. The summed E-state index contributed by atoms with van der Waals surface area (Å²) in [5, 5.41) is 20.9. The van der Waals surface area contributed by atoms with E-state index in [1.165, 1.54) is 12.8 Å². The Morgan fingerprint density at radius 2 is 1.85 bits per heavy atom. The molecule has 0 saturated heterocycles. The minimum atomic E-state index is -1.01. The van der Waals surface area contributed by atoms with E-state index in [0.717, 1.165) is 18.4 Å². The van der Waals surface area contributed by atoms with Crippen molar-refractivity contribution in [3.05, 3.63) is 23.8 Å². The van der Waals surface area contributed by atoms with Crippen molar-refractivity contribution in [1.29, 1.82) is 5.26 Å². The molecule has 0 bridgehead atoms. The number of benzene rings is 1. The zero-order valence-electron chi connectivity index (χ0n) is 15.6. The first-order valence-electron chi connectivity index (χ1n) is 9.05. The van der Waals surface area contributed by atoms with Gasteiger partial charge < -0.3 is 19.4 Å². The number of carboxylic acids is 1. The van der Waals surface area contributed by atoms with E-state index in [1.54, 1.807) is 7.11 Å². The third kappa shape index (κ3) is 4.19. The van der Waals surface area contributed by atoms with Gasteiger partial charge in [-0.25, -0.2) is 0 Å². The number of carboxylic acid groups (broad SMARTS) is 1. The molecule has 2 fully saturated rings. The Morgan fingerprint density at radius 1 is 1.19 bits per heavy atom. The molecule has 0 unspecified atom stereocenters. The normalized spacial score (nSPS) is 25.8. The molecule has 0 heterocycles. The fourth-order valence-corrected chi connectivity index (χ4v) is 4.06. The van der Waals surface area contributed by atoms with Crippen LogP contribution in [0.5, 0.6) is 11.5 Å². The van der Waals surface area contributed by atoms with Crippen LogP contribution in [0.25, 0.3) is 0 Å². The predicted octanol–water partition coefficient (Wildman–Crippen LogP) is -0.278. The molecule has 0 amide bonds. The molecule has 0 aliphatic heterocycles. The maximum absolute atomic E-state index is 11.1. The SMILES string of the molecule is COc1ccc(C2(C#N)CCC(C(=O)[O-])CC2)cc1OC1CCCC1.[Li+]. The van der Waals surface area contributed by atoms with Gasteiger partial charge in [0.2, 0.25) is 0 Å². The number of carbonyl (C=O) groups excluding carboxylic acids is 1. The molecular formula is C20H24LiNO4. The van der Waals surface area contributed by atoms with Crippen molar-refractivity contribution < 1.29 is 38.2 Å². The van der Waals surface area contributed by atoms with Gasteiger partial charge in [-0.3, -0.25) is 0 Å². The third-order valence-corrected chi connectivity index (χ3v) is 5.70. The predicted molar refractivity (Wildman–Crippen MR) is 90.1 cm³/mol. The van der Waals surface area contributed by atoms with Crippen LogP contribution in [0.4, 0.5) is 0 Å². The molecule has 2 aliphatic carbocycles. The summed E-state index contributed by atoms with van der Waals surface area (Å²) in [4.78, 5) is 11.1. The molecular weight excluding hydrogens is 325 g/mol. The van der Waals surface area contributed by atoms with E-state index in [-0.39, 0.29) is 25.0 Å². The summed E-state index contributed by atoms with van der Waals surface area (Å²) >= 11 is 0. The summed E-state index contributed by atoms with van der Waals surface area (Å²) in [5.74, 6) is -0.101. The number of rotatable bonds is 5. The summed E-state index contributed by atoms with van der Waals surface area (Å²) in [7, 11) is 1.61. The second-order valence-corrected chi connectivity index (χ2v) is 7.18. The molecule has 2 saturated carbocycles. The molecule has 0 aromatic heterocycles. The number of hydrogen-bond donors (Lipinski definition) is 0. The van der Waals surface area contributed by atoms with E-state index in [2.05, 4.69) is 6.07 Å². The second-order valence-electron chi connectivity index (χ2n) is 7.18. The molecule has 134 valence electrons. The van der Waals surface area contributed by atoms with Gasteiger partial charge in [0, 0.05) is 5.97 Å². The standard InChI is InChI=1S/C20H25NO4.Li/c1-24-17-7-6-15(12-18(17)25-16-4-2-3-5-16)20(13-21)10-8-14(9-11-20)19(22)23;/h6-7,12,14,16H,2-5,8-11H2,1H3,(H,22,23);/q;+1/p-1. The summed E-state index contributed by atoms with van der Waals surface area (Å²) in [6, 6.07) is 8.11. The minimum Gasteiger partial charge on any atom is -0.550 e.